The number of halogens is 2. The molecule has 0 saturated carbocycles. The van der Waals surface area contributed by atoms with Crippen LogP contribution in [0.15, 0.2) is 28.7 Å². The third-order valence-electron chi connectivity index (χ3n) is 2.19. The van der Waals surface area contributed by atoms with E-state index in [9.17, 15) is 0 Å². The summed E-state index contributed by atoms with van der Waals surface area (Å²) in [5.74, 6) is 0.917. The molecule has 0 aliphatic rings. The van der Waals surface area contributed by atoms with Gasteiger partial charge >= 0.3 is 0 Å². The normalized spacial score (nSPS) is 12.5. The van der Waals surface area contributed by atoms with Gasteiger partial charge in [0.25, 0.3) is 0 Å². The number of hydrogen-bond donors (Lipinski definition) is 0. The molecular formula is C12H16BrClO. The molecule has 0 spiro atoms. The smallest absolute Gasteiger partial charge is 0.119 e. The number of hydrogen-bond acceptors (Lipinski definition) is 1. The van der Waals surface area contributed by atoms with Crippen molar-refractivity contribution in [3.63, 3.8) is 0 Å². The van der Waals surface area contributed by atoms with Crippen LogP contribution in [0.2, 0.25) is 0 Å². The lowest BCUT2D eigenvalue weighted by Gasteiger charge is -2.08. The molecule has 0 aliphatic heterocycles. The van der Waals surface area contributed by atoms with Gasteiger partial charge in [-0.1, -0.05) is 22.9 Å². The number of alkyl halides is 1. The van der Waals surface area contributed by atoms with Crippen molar-refractivity contribution in [1.82, 2.24) is 0 Å². The first kappa shape index (κ1) is 12.9. The SMILES string of the molecule is CCC(Cl)CCCOc1ccc(Br)cc1. The molecule has 0 N–H and O–H groups in total. The summed E-state index contributed by atoms with van der Waals surface area (Å²) in [4.78, 5) is 0. The molecule has 15 heavy (non-hydrogen) atoms. The Morgan fingerprint density at radius 3 is 2.60 bits per heavy atom. The van der Waals surface area contributed by atoms with E-state index in [1.807, 2.05) is 24.3 Å². The first-order valence-electron chi connectivity index (χ1n) is 5.24. The van der Waals surface area contributed by atoms with E-state index in [0.29, 0.717) is 5.38 Å². The van der Waals surface area contributed by atoms with Gasteiger partial charge < -0.3 is 4.74 Å². The summed E-state index contributed by atoms with van der Waals surface area (Å²) in [6.45, 7) is 2.85. The Labute approximate surface area is 105 Å². The van der Waals surface area contributed by atoms with Crippen molar-refractivity contribution in [2.24, 2.45) is 0 Å². The molecule has 1 aromatic carbocycles. The van der Waals surface area contributed by atoms with Crippen LogP contribution in [-0.4, -0.2) is 12.0 Å². The molecular weight excluding hydrogens is 275 g/mol. The monoisotopic (exact) mass is 290 g/mol. The van der Waals surface area contributed by atoms with Crippen LogP contribution in [0.1, 0.15) is 26.2 Å². The van der Waals surface area contributed by atoms with Gasteiger partial charge in [-0.05, 0) is 43.5 Å². The first-order chi connectivity index (χ1) is 7.22. The second-order valence-corrected chi connectivity index (χ2v) is 4.98. The standard InChI is InChI=1S/C12H16BrClO/c1-2-11(14)4-3-9-15-12-7-5-10(13)6-8-12/h5-8,11H,2-4,9H2,1H3. The fraction of sp³-hybridized carbons (Fsp3) is 0.500. The van der Waals surface area contributed by atoms with Crippen molar-refractivity contribution in [2.45, 2.75) is 31.6 Å². The van der Waals surface area contributed by atoms with Crippen LogP contribution in [0.5, 0.6) is 5.75 Å². The van der Waals surface area contributed by atoms with Crippen LogP contribution < -0.4 is 4.74 Å². The maximum Gasteiger partial charge on any atom is 0.119 e. The molecule has 3 heteroatoms. The van der Waals surface area contributed by atoms with Gasteiger partial charge in [0.05, 0.1) is 6.61 Å². The van der Waals surface area contributed by atoms with Crippen molar-refractivity contribution in [3.05, 3.63) is 28.7 Å². The molecule has 1 rings (SSSR count). The average molecular weight is 292 g/mol. The van der Waals surface area contributed by atoms with E-state index in [1.165, 1.54) is 0 Å². The van der Waals surface area contributed by atoms with E-state index in [2.05, 4.69) is 22.9 Å². The van der Waals surface area contributed by atoms with Crippen molar-refractivity contribution in [3.8, 4) is 5.75 Å². The summed E-state index contributed by atoms with van der Waals surface area (Å²) >= 11 is 9.39. The highest BCUT2D eigenvalue weighted by Crippen LogP contribution is 2.17. The van der Waals surface area contributed by atoms with E-state index in [0.717, 1.165) is 36.1 Å². The Bertz CT molecular complexity index is 273. The zero-order chi connectivity index (χ0) is 11.1. The zero-order valence-electron chi connectivity index (χ0n) is 8.88. The van der Waals surface area contributed by atoms with Gasteiger partial charge in [0.15, 0.2) is 0 Å². The Kier molecular flexibility index (Phi) is 6.11. The van der Waals surface area contributed by atoms with Gasteiger partial charge in [0, 0.05) is 9.85 Å². The van der Waals surface area contributed by atoms with Crippen LogP contribution >= 0.6 is 27.5 Å². The van der Waals surface area contributed by atoms with Gasteiger partial charge in [-0.2, -0.15) is 0 Å². The largest absolute Gasteiger partial charge is 0.494 e. The second kappa shape index (κ2) is 7.13. The Morgan fingerprint density at radius 2 is 2.00 bits per heavy atom. The summed E-state index contributed by atoms with van der Waals surface area (Å²) in [6.07, 6.45) is 3.06. The topological polar surface area (TPSA) is 9.23 Å². The predicted molar refractivity (Wildman–Crippen MR) is 68.8 cm³/mol. The molecule has 0 amide bonds. The Balaban J connectivity index is 2.17. The van der Waals surface area contributed by atoms with E-state index in [-0.39, 0.29) is 0 Å². The second-order valence-electron chi connectivity index (χ2n) is 3.45. The predicted octanol–water partition coefficient (Wildman–Crippen LogP) is 4.63. The lowest BCUT2D eigenvalue weighted by atomic mass is 10.2. The summed E-state index contributed by atoms with van der Waals surface area (Å²) in [7, 11) is 0. The average Bonchev–Trinajstić information content (AvgIpc) is 2.26. The van der Waals surface area contributed by atoms with Gasteiger partial charge in [0.2, 0.25) is 0 Å². The number of ether oxygens (including phenoxy) is 1. The van der Waals surface area contributed by atoms with E-state index < -0.39 is 0 Å². The van der Waals surface area contributed by atoms with Crippen LogP contribution in [0, 0.1) is 0 Å². The minimum Gasteiger partial charge on any atom is -0.494 e. The van der Waals surface area contributed by atoms with E-state index in [4.69, 9.17) is 16.3 Å². The highest BCUT2D eigenvalue weighted by Gasteiger charge is 2.00. The third-order valence-corrected chi connectivity index (χ3v) is 3.24. The molecule has 0 heterocycles. The van der Waals surface area contributed by atoms with E-state index >= 15 is 0 Å². The molecule has 1 aromatic rings. The van der Waals surface area contributed by atoms with Gasteiger partial charge in [-0.3, -0.25) is 0 Å². The summed E-state index contributed by atoms with van der Waals surface area (Å²) < 4.78 is 6.65. The highest BCUT2D eigenvalue weighted by molar-refractivity contribution is 9.10. The van der Waals surface area contributed by atoms with Crippen molar-refractivity contribution < 1.29 is 4.74 Å². The fourth-order valence-electron chi connectivity index (χ4n) is 1.23. The van der Waals surface area contributed by atoms with Crippen LogP contribution in [0.25, 0.3) is 0 Å². The lowest BCUT2D eigenvalue weighted by molar-refractivity contribution is 0.305. The molecule has 84 valence electrons. The van der Waals surface area contributed by atoms with Crippen molar-refractivity contribution in [2.75, 3.05) is 6.61 Å². The van der Waals surface area contributed by atoms with Crippen molar-refractivity contribution >= 4 is 27.5 Å². The van der Waals surface area contributed by atoms with Crippen molar-refractivity contribution in [1.29, 1.82) is 0 Å². The third kappa shape index (κ3) is 5.43. The maximum absolute atomic E-state index is 6.01. The van der Waals surface area contributed by atoms with E-state index in [1.54, 1.807) is 0 Å². The molecule has 1 unspecified atom stereocenters. The van der Waals surface area contributed by atoms with Crippen LogP contribution in [0.3, 0.4) is 0 Å². The van der Waals surface area contributed by atoms with Gasteiger partial charge in [-0.25, -0.2) is 0 Å². The number of rotatable bonds is 6. The fourth-order valence-corrected chi connectivity index (χ4v) is 1.65. The Morgan fingerprint density at radius 1 is 1.33 bits per heavy atom. The van der Waals surface area contributed by atoms with Gasteiger partial charge in [0.1, 0.15) is 5.75 Å². The minimum absolute atomic E-state index is 0.290. The van der Waals surface area contributed by atoms with Crippen LogP contribution in [0.4, 0.5) is 0 Å². The lowest BCUT2D eigenvalue weighted by Crippen LogP contribution is -2.02. The summed E-state index contributed by atoms with van der Waals surface area (Å²) in [5.41, 5.74) is 0. The van der Waals surface area contributed by atoms with Gasteiger partial charge in [-0.15, -0.1) is 11.6 Å². The summed E-state index contributed by atoms with van der Waals surface area (Å²) in [6, 6.07) is 7.88. The molecule has 0 radical (unpaired) electrons. The quantitative estimate of drug-likeness (QED) is 0.549. The Hall–Kier alpha value is -0.210. The number of benzene rings is 1. The first-order valence-corrected chi connectivity index (χ1v) is 6.47. The molecule has 0 aromatic heterocycles. The molecule has 0 fully saturated rings. The molecule has 0 aliphatic carbocycles. The molecule has 1 atom stereocenters. The highest BCUT2D eigenvalue weighted by atomic mass is 79.9. The maximum atomic E-state index is 6.01. The molecule has 1 nitrogen and oxygen atoms in total. The van der Waals surface area contributed by atoms with Crippen LogP contribution in [-0.2, 0) is 0 Å². The molecule has 0 bridgehead atoms. The molecule has 0 saturated heterocycles. The summed E-state index contributed by atoms with van der Waals surface area (Å²) in [5, 5.41) is 0.290. The minimum atomic E-state index is 0.290. The zero-order valence-corrected chi connectivity index (χ0v) is 11.2.